The minimum atomic E-state index is -0.796. The lowest BCUT2D eigenvalue weighted by Gasteiger charge is -2.21. The maximum Gasteiger partial charge on any atom is 0.321 e. The summed E-state index contributed by atoms with van der Waals surface area (Å²) in [6, 6.07) is 6.32. The number of rotatable bonds is 13. The van der Waals surface area contributed by atoms with Crippen LogP contribution in [-0.4, -0.2) is 80.7 Å². The normalized spacial score (nSPS) is 11.8. The highest BCUT2D eigenvalue weighted by Gasteiger charge is 2.14. The van der Waals surface area contributed by atoms with Crippen LogP contribution in [0.4, 0.5) is 10.5 Å². The molecule has 1 rings (SSSR count). The molecule has 29 heavy (non-hydrogen) atoms. The summed E-state index contributed by atoms with van der Waals surface area (Å²) < 4.78 is 16.0. The van der Waals surface area contributed by atoms with E-state index in [9.17, 15) is 14.7 Å². The van der Waals surface area contributed by atoms with Crippen LogP contribution in [0.15, 0.2) is 24.3 Å². The number of aliphatic hydroxyl groups is 1. The molecule has 0 aliphatic heterocycles. The number of carbonyl (C=O) groups is 2. The third-order valence-electron chi connectivity index (χ3n) is 3.67. The Bertz CT molecular complexity index is 609. The summed E-state index contributed by atoms with van der Waals surface area (Å²) in [4.78, 5) is 25.0. The van der Waals surface area contributed by atoms with Gasteiger partial charge in [0.05, 0.1) is 38.6 Å². The highest BCUT2D eigenvalue weighted by molar-refractivity contribution is 5.89. The van der Waals surface area contributed by atoms with Crippen LogP contribution in [0.2, 0.25) is 0 Å². The molecule has 0 saturated heterocycles. The predicted octanol–water partition coefficient (Wildman–Crippen LogP) is 1.47. The Labute approximate surface area is 172 Å². The Hall–Kier alpha value is -2.36. The average Bonchev–Trinajstić information content (AvgIpc) is 2.67. The SMILES string of the molecule is CCNC(=O)COc1ccc(NC(=O)N(C)CC(O)COCCOC(C)C)cc1. The van der Waals surface area contributed by atoms with Crippen LogP contribution in [-0.2, 0) is 14.3 Å². The lowest BCUT2D eigenvalue weighted by Crippen LogP contribution is -2.39. The molecule has 9 heteroatoms. The minimum Gasteiger partial charge on any atom is -0.484 e. The van der Waals surface area contributed by atoms with E-state index in [4.69, 9.17) is 14.2 Å². The Morgan fingerprint density at radius 3 is 2.48 bits per heavy atom. The van der Waals surface area contributed by atoms with Gasteiger partial charge < -0.3 is 34.9 Å². The van der Waals surface area contributed by atoms with Crippen molar-refractivity contribution in [3.63, 3.8) is 0 Å². The minimum absolute atomic E-state index is 0.0637. The third-order valence-corrected chi connectivity index (χ3v) is 3.67. The molecule has 0 saturated carbocycles. The number of nitrogens with one attached hydrogen (secondary N) is 2. The number of likely N-dealkylation sites (N-methyl/N-ethyl adjacent to an activating group) is 2. The number of nitrogens with zero attached hydrogens (tertiary/aromatic N) is 1. The predicted molar refractivity (Wildman–Crippen MR) is 110 cm³/mol. The van der Waals surface area contributed by atoms with Gasteiger partial charge in [-0.05, 0) is 45.0 Å². The third kappa shape index (κ3) is 11.3. The molecule has 164 valence electrons. The highest BCUT2D eigenvalue weighted by Crippen LogP contribution is 2.16. The van der Waals surface area contributed by atoms with E-state index in [-0.39, 0.29) is 37.8 Å². The number of urea groups is 1. The summed E-state index contributed by atoms with van der Waals surface area (Å²) >= 11 is 0. The molecule has 3 N–H and O–H groups in total. The molecule has 0 fully saturated rings. The van der Waals surface area contributed by atoms with Gasteiger partial charge in [0.2, 0.25) is 0 Å². The van der Waals surface area contributed by atoms with Crippen molar-refractivity contribution in [2.24, 2.45) is 0 Å². The first kappa shape index (κ1) is 24.7. The summed E-state index contributed by atoms with van der Waals surface area (Å²) in [5, 5.41) is 15.4. The molecular weight excluding hydrogens is 378 g/mol. The van der Waals surface area contributed by atoms with Crippen molar-refractivity contribution in [2.45, 2.75) is 33.0 Å². The van der Waals surface area contributed by atoms with E-state index in [1.54, 1.807) is 31.3 Å². The van der Waals surface area contributed by atoms with Gasteiger partial charge in [-0.3, -0.25) is 4.79 Å². The maximum absolute atomic E-state index is 12.2. The first-order valence-electron chi connectivity index (χ1n) is 9.70. The zero-order valence-corrected chi connectivity index (χ0v) is 17.6. The van der Waals surface area contributed by atoms with Gasteiger partial charge in [-0.2, -0.15) is 0 Å². The fourth-order valence-corrected chi connectivity index (χ4v) is 2.26. The molecular formula is C20H33N3O6. The van der Waals surface area contributed by atoms with Crippen molar-refractivity contribution in [1.82, 2.24) is 10.2 Å². The quantitative estimate of drug-likeness (QED) is 0.424. The number of hydrogen-bond donors (Lipinski definition) is 3. The number of amides is 3. The molecule has 0 spiro atoms. The molecule has 0 aliphatic rings. The van der Waals surface area contributed by atoms with Crippen LogP contribution in [0.3, 0.4) is 0 Å². The van der Waals surface area contributed by atoms with E-state index in [0.29, 0.717) is 31.2 Å². The summed E-state index contributed by atoms with van der Waals surface area (Å²) in [5.74, 6) is 0.332. The van der Waals surface area contributed by atoms with Crippen LogP contribution < -0.4 is 15.4 Å². The first-order chi connectivity index (χ1) is 13.8. The molecule has 0 heterocycles. The zero-order valence-electron chi connectivity index (χ0n) is 17.6. The number of ether oxygens (including phenoxy) is 3. The second-order valence-electron chi connectivity index (χ2n) is 6.73. The number of anilines is 1. The van der Waals surface area contributed by atoms with Gasteiger partial charge in [0.25, 0.3) is 5.91 Å². The van der Waals surface area contributed by atoms with Crippen molar-refractivity contribution in [2.75, 3.05) is 51.9 Å². The second-order valence-corrected chi connectivity index (χ2v) is 6.73. The van der Waals surface area contributed by atoms with Gasteiger partial charge in [-0.15, -0.1) is 0 Å². The Morgan fingerprint density at radius 1 is 1.17 bits per heavy atom. The Morgan fingerprint density at radius 2 is 1.86 bits per heavy atom. The van der Waals surface area contributed by atoms with Gasteiger partial charge in [0, 0.05) is 19.3 Å². The molecule has 0 radical (unpaired) electrons. The number of benzene rings is 1. The molecule has 1 aromatic carbocycles. The number of carbonyl (C=O) groups excluding carboxylic acids is 2. The molecule has 1 aromatic rings. The van der Waals surface area contributed by atoms with Crippen LogP contribution >= 0.6 is 0 Å². The summed E-state index contributed by atoms with van der Waals surface area (Å²) in [6.07, 6.45) is -0.658. The van der Waals surface area contributed by atoms with Gasteiger partial charge in [-0.25, -0.2) is 4.79 Å². The van der Waals surface area contributed by atoms with E-state index in [0.717, 1.165) is 0 Å². The first-order valence-corrected chi connectivity index (χ1v) is 9.70. The molecule has 0 aliphatic carbocycles. The van der Waals surface area contributed by atoms with Crippen LogP contribution in [0.5, 0.6) is 5.75 Å². The monoisotopic (exact) mass is 411 g/mol. The fraction of sp³-hybridized carbons (Fsp3) is 0.600. The van der Waals surface area contributed by atoms with Crippen molar-refractivity contribution in [3.05, 3.63) is 24.3 Å². The lowest BCUT2D eigenvalue weighted by atomic mass is 10.3. The molecule has 1 atom stereocenters. The van der Waals surface area contributed by atoms with E-state index in [1.807, 2.05) is 20.8 Å². The maximum atomic E-state index is 12.2. The van der Waals surface area contributed by atoms with Crippen LogP contribution in [0.1, 0.15) is 20.8 Å². The largest absolute Gasteiger partial charge is 0.484 e. The Balaban J connectivity index is 2.32. The van der Waals surface area contributed by atoms with Gasteiger partial charge >= 0.3 is 6.03 Å². The average molecular weight is 411 g/mol. The number of hydrogen-bond acceptors (Lipinski definition) is 6. The van der Waals surface area contributed by atoms with Crippen molar-refractivity contribution < 1.29 is 28.9 Å². The second kappa shape index (κ2) is 13.8. The molecule has 1 unspecified atom stereocenters. The van der Waals surface area contributed by atoms with Crippen LogP contribution in [0, 0.1) is 0 Å². The zero-order chi connectivity index (χ0) is 21.6. The standard InChI is InChI=1S/C20H33N3O6/c1-5-21-19(25)14-29-18-8-6-16(7-9-18)22-20(26)23(4)12-17(24)13-27-10-11-28-15(2)3/h6-9,15,17,24H,5,10-14H2,1-4H3,(H,21,25)(H,22,26). The van der Waals surface area contributed by atoms with Gasteiger partial charge in [-0.1, -0.05) is 0 Å². The van der Waals surface area contributed by atoms with E-state index >= 15 is 0 Å². The van der Waals surface area contributed by atoms with E-state index in [2.05, 4.69) is 10.6 Å². The fourth-order valence-electron chi connectivity index (χ4n) is 2.26. The summed E-state index contributed by atoms with van der Waals surface area (Å²) in [6.45, 7) is 7.30. The van der Waals surface area contributed by atoms with Gasteiger partial charge in [0.1, 0.15) is 5.75 Å². The molecule has 0 aromatic heterocycles. The van der Waals surface area contributed by atoms with E-state index in [1.165, 1.54) is 4.90 Å². The number of aliphatic hydroxyl groups excluding tert-OH is 1. The van der Waals surface area contributed by atoms with Crippen molar-refractivity contribution >= 4 is 17.6 Å². The molecule has 3 amide bonds. The summed E-state index contributed by atoms with van der Waals surface area (Å²) in [7, 11) is 1.59. The topological polar surface area (TPSA) is 109 Å². The van der Waals surface area contributed by atoms with E-state index < -0.39 is 6.10 Å². The van der Waals surface area contributed by atoms with Crippen molar-refractivity contribution in [3.8, 4) is 5.75 Å². The van der Waals surface area contributed by atoms with Gasteiger partial charge in [0.15, 0.2) is 6.61 Å². The summed E-state index contributed by atoms with van der Waals surface area (Å²) in [5.41, 5.74) is 0.573. The van der Waals surface area contributed by atoms with Crippen molar-refractivity contribution in [1.29, 1.82) is 0 Å². The molecule has 9 nitrogen and oxygen atoms in total. The smallest absolute Gasteiger partial charge is 0.321 e. The Kier molecular flexibility index (Phi) is 11.7. The molecule has 0 bridgehead atoms. The highest BCUT2D eigenvalue weighted by atomic mass is 16.5. The lowest BCUT2D eigenvalue weighted by molar-refractivity contribution is -0.122. The van der Waals surface area contributed by atoms with Crippen LogP contribution in [0.25, 0.3) is 0 Å².